The Morgan fingerprint density at radius 1 is 1.30 bits per heavy atom. The minimum Gasteiger partial charge on any atom is -0.391 e. The van der Waals surface area contributed by atoms with E-state index in [0.29, 0.717) is 12.5 Å². The zero-order valence-electron chi connectivity index (χ0n) is 13.6. The Labute approximate surface area is 142 Å². The number of aliphatic hydroxyl groups excluding tert-OH is 1. The molecule has 0 amide bonds. The molecule has 124 valence electrons. The van der Waals surface area contributed by atoms with Gasteiger partial charge in [0.05, 0.1) is 6.10 Å². The molecule has 1 aliphatic rings. The standard InChI is InChI=1S/C18H25N3OS/c1-14(17(22)13-15-5-3-2-4-6-15)20-16-7-10-21(11-8-16)18-19-9-12-23-18/h2-6,9,12,14,16-17,20,22H,7-8,10-11,13H2,1H3. The van der Waals surface area contributed by atoms with E-state index in [1.54, 1.807) is 11.3 Å². The fourth-order valence-electron chi connectivity index (χ4n) is 3.12. The van der Waals surface area contributed by atoms with E-state index in [1.165, 1.54) is 5.56 Å². The van der Waals surface area contributed by atoms with Gasteiger partial charge in [-0.05, 0) is 31.7 Å². The van der Waals surface area contributed by atoms with Crippen molar-refractivity contribution >= 4 is 16.5 Å². The predicted octanol–water partition coefficient (Wildman–Crippen LogP) is 2.69. The van der Waals surface area contributed by atoms with Crippen molar-refractivity contribution in [1.82, 2.24) is 10.3 Å². The van der Waals surface area contributed by atoms with E-state index in [0.717, 1.165) is 31.1 Å². The predicted molar refractivity (Wildman–Crippen MR) is 96.1 cm³/mol. The van der Waals surface area contributed by atoms with Gasteiger partial charge in [-0.3, -0.25) is 0 Å². The number of hydrogen-bond donors (Lipinski definition) is 2. The third kappa shape index (κ3) is 4.53. The van der Waals surface area contributed by atoms with Crippen LogP contribution in [-0.4, -0.2) is 41.4 Å². The second-order valence-corrected chi connectivity index (χ2v) is 7.16. The summed E-state index contributed by atoms with van der Waals surface area (Å²) in [5.41, 5.74) is 1.19. The lowest BCUT2D eigenvalue weighted by atomic mass is 10.00. The Balaban J connectivity index is 1.44. The van der Waals surface area contributed by atoms with Gasteiger partial charge >= 0.3 is 0 Å². The van der Waals surface area contributed by atoms with Gasteiger partial charge < -0.3 is 15.3 Å². The second kappa shape index (κ2) is 7.90. The summed E-state index contributed by atoms with van der Waals surface area (Å²) < 4.78 is 0. The molecule has 0 radical (unpaired) electrons. The van der Waals surface area contributed by atoms with Crippen LogP contribution in [0, 0.1) is 0 Å². The zero-order valence-corrected chi connectivity index (χ0v) is 14.4. The molecule has 2 heterocycles. The molecule has 1 saturated heterocycles. The number of hydrogen-bond acceptors (Lipinski definition) is 5. The number of thiazole rings is 1. The van der Waals surface area contributed by atoms with E-state index in [-0.39, 0.29) is 12.1 Å². The Hall–Kier alpha value is -1.43. The number of benzene rings is 1. The largest absolute Gasteiger partial charge is 0.391 e. The van der Waals surface area contributed by atoms with Crippen LogP contribution in [0.1, 0.15) is 25.3 Å². The molecule has 0 aliphatic carbocycles. The normalized spacial score (nSPS) is 18.8. The van der Waals surface area contributed by atoms with Crippen LogP contribution in [0.15, 0.2) is 41.9 Å². The highest BCUT2D eigenvalue weighted by Gasteiger charge is 2.24. The summed E-state index contributed by atoms with van der Waals surface area (Å²) in [6.45, 7) is 4.15. The number of nitrogens with one attached hydrogen (secondary N) is 1. The third-order valence-corrected chi connectivity index (χ3v) is 5.38. The molecule has 2 unspecified atom stereocenters. The number of nitrogens with zero attached hydrogens (tertiary/aromatic N) is 2. The molecule has 1 fully saturated rings. The molecule has 5 heteroatoms. The maximum absolute atomic E-state index is 10.4. The maximum Gasteiger partial charge on any atom is 0.185 e. The molecule has 1 aliphatic heterocycles. The van der Waals surface area contributed by atoms with Crippen LogP contribution in [0.4, 0.5) is 5.13 Å². The van der Waals surface area contributed by atoms with Crippen LogP contribution in [0.2, 0.25) is 0 Å². The smallest absolute Gasteiger partial charge is 0.185 e. The fraction of sp³-hybridized carbons (Fsp3) is 0.500. The first kappa shape index (κ1) is 16.4. The van der Waals surface area contributed by atoms with E-state index in [9.17, 15) is 5.11 Å². The summed E-state index contributed by atoms with van der Waals surface area (Å²) in [4.78, 5) is 6.74. The first-order chi connectivity index (χ1) is 11.2. The Morgan fingerprint density at radius 2 is 2.04 bits per heavy atom. The maximum atomic E-state index is 10.4. The minimum atomic E-state index is -0.352. The quantitative estimate of drug-likeness (QED) is 0.854. The summed E-state index contributed by atoms with van der Waals surface area (Å²) in [5, 5.41) is 17.2. The number of rotatable bonds is 6. The van der Waals surface area contributed by atoms with Crippen LogP contribution in [-0.2, 0) is 6.42 Å². The van der Waals surface area contributed by atoms with Gasteiger partial charge in [0.25, 0.3) is 0 Å². The Morgan fingerprint density at radius 3 is 2.70 bits per heavy atom. The highest BCUT2D eigenvalue weighted by atomic mass is 32.1. The zero-order chi connectivity index (χ0) is 16.1. The van der Waals surface area contributed by atoms with Crippen molar-refractivity contribution in [2.75, 3.05) is 18.0 Å². The van der Waals surface area contributed by atoms with E-state index in [4.69, 9.17) is 0 Å². The molecule has 0 spiro atoms. The lowest BCUT2D eigenvalue weighted by Crippen LogP contribution is -2.49. The molecule has 0 saturated carbocycles. The average Bonchev–Trinajstić information content (AvgIpc) is 3.11. The molecule has 0 bridgehead atoms. The summed E-state index contributed by atoms with van der Waals surface area (Å²) >= 11 is 1.71. The summed E-state index contributed by atoms with van der Waals surface area (Å²) in [5.74, 6) is 0. The molecule has 1 aromatic carbocycles. The van der Waals surface area contributed by atoms with Crippen molar-refractivity contribution < 1.29 is 5.11 Å². The Bertz CT molecular complexity index is 567. The lowest BCUT2D eigenvalue weighted by molar-refractivity contribution is 0.125. The van der Waals surface area contributed by atoms with Crippen molar-refractivity contribution in [3.63, 3.8) is 0 Å². The number of aliphatic hydroxyl groups is 1. The van der Waals surface area contributed by atoms with Crippen LogP contribution in [0.3, 0.4) is 0 Å². The lowest BCUT2D eigenvalue weighted by Gasteiger charge is -2.34. The topological polar surface area (TPSA) is 48.4 Å². The SMILES string of the molecule is CC(NC1CCN(c2nccs2)CC1)C(O)Cc1ccccc1. The fourth-order valence-corrected chi connectivity index (χ4v) is 3.82. The number of anilines is 1. The van der Waals surface area contributed by atoms with Crippen molar-refractivity contribution in [1.29, 1.82) is 0 Å². The highest BCUT2D eigenvalue weighted by Crippen LogP contribution is 2.22. The molecule has 2 aromatic rings. The van der Waals surface area contributed by atoms with Gasteiger partial charge in [-0.25, -0.2) is 4.98 Å². The minimum absolute atomic E-state index is 0.103. The molecule has 3 rings (SSSR count). The number of piperidine rings is 1. The van der Waals surface area contributed by atoms with Gasteiger partial charge in [0, 0.05) is 36.8 Å². The second-order valence-electron chi connectivity index (χ2n) is 6.29. The molecule has 2 N–H and O–H groups in total. The van der Waals surface area contributed by atoms with Crippen molar-refractivity contribution in [2.45, 2.75) is 44.4 Å². The first-order valence-electron chi connectivity index (χ1n) is 8.35. The van der Waals surface area contributed by atoms with Gasteiger partial charge in [0.15, 0.2) is 5.13 Å². The molecule has 23 heavy (non-hydrogen) atoms. The van der Waals surface area contributed by atoms with Crippen molar-refractivity contribution in [3.05, 3.63) is 47.5 Å². The van der Waals surface area contributed by atoms with Gasteiger partial charge in [0.1, 0.15) is 0 Å². The molecular formula is C18H25N3OS. The summed E-state index contributed by atoms with van der Waals surface area (Å²) in [6, 6.07) is 10.8. The summed E-state index contributed by atoms with van der Waals surface area (Å²) in [6.07, 6.45) is 4.41. The van der Waals surface area contributed by atoms with Gasteiger partial charge in [-0.2, -0.15) is 0 Å². The van der Waals surface area contributed by atoms with E-state index in [2.05, 4.69) is 34.3 Å². The monoisotopic (exact) mass is 331 g/mol. The summed E-state index contributed by atoms with van der Waals surface area (Å²) in [7, 11) is 0. The molecule has 1 aromatic heterocycles. The van der Waals surface area contributed by atoms with Crippen molar-refractivity contribution in [3.8, 4) is 0 Å². The number of aromatic nitrogens is 1. The van der Waals surface area contributed by atoms with E-state index < -0.39 is 0 Å². The Kier molecular flexibility index (Phi) is 5.65. The molecule has 4 nitrogen and oxygen atoms in total. The van der Waals surface area contributed by atoms with E-state index in [1.807, 2.05) is 29.8 Å². The van der Waals surface area contributed by atoms with Crippen LogP contribution >= 0.6 is 11.3 Å². The van der Waals surface area contributed by atoms with Crippen LogP contribution in [0.25, 0.3) is 0 Å². The molecule has 2 atom stereocenters. The molecular weight excluding hydrogens is 306 g/mol. The van der Waals surface area contributed by atoms with Crippen LogP contribution in [0.5, 0.6) is 0 Å². The first-order valence-corrected chi connectivity index (χ1v) is 9.23. The van der Waals surface area contributed by atoms with Gasteiger partial charge in [-0.1, -0.05) is 30.3 Å². The van der Waals surface area contributed by atoms with Crippen molar-refractivity contribution in [2.24, 2.45) is 0 Å². The highest BCUT2D eigenvalue weighted by molar-refractivity contribution is 7.13. The third-order valence-electron chi connectivity index (χ3n) is 4.55. The van der Waals surface area contributed by atoms with Crippen LogP contribution < -0.4 is 10.2 Å². The van der Waals surface area contributed by atoms with E-state index >= 15 is 0 Å². The average molecular weight is 331 g/mol. The van der Waals surface area contributed by atoms with Gasteiger partial charge in [-0.15, -0.1) is 11.3 Å². The van der Waals surface area contributed by atoms with Gasteiger partial charge in [0.2, 0.25) is 0 Å².